The van der Waals surface area contributed by atoms with Crippen LogP contribution >= 0.6 is 15.9 Å². The van der Waals surface area contributed by atoms with Crippen LogP contribution in [0.2, 0.25) is 0 Å². The van der Waals surface area contributed by atoms with Crippen molar-refractivity contribution in [1.82, 2.24) is 5.32 Å². The summed E-state index contributed by atoms with van der Waals surface area (Å²) in [6.45, 7) is 5.20. The molecule has 0 aliphatic carbocycles. The first kappa shape index (κ1) is 20.3. The third-order valence-electron chi connectivity index (χ3n) is 4.50. The van der Waals surface area contributed by atoms with Gasteiger partial charge in [0, 0.05) is 35.2 Å². The molecule has 0 aromatic heterocycles. The third kappa shape index (κ3) is 4.69. The van der Waals surface area contributed by atoms with Gasteiger partial charge in [0.05, 0.1) is 11.5 Å². The van der Waals surface area contributed by atoms with E-state index in [1.165, 1.54) is 6.07 Å². The molecule has 1 aliphatic rings. The molecule has 0 spiro atoms. The zero-order valence-corrected chi connectivity index (χ0v) is 17.3. The van der Waals surface area contributed by atoms with Crippen molar-refractivity contribution in [3.63, 3.8) is 0 Å². The number of rotatable bonds is 5. The summed E-state index contributed by atoms with van der Waals surface area (Å²) in [5.74, 6) is -0.320. The molecule has 8 heteroatoms. The lowest BCUT2D eigenvalue weighted by molar-refractivity contribution is -0.384. The molecule has 1 atom stereocenters. The van der Waals surface area contributed by atoms with Crippen LogP contribution in [0.5, 0.6) is 0 Å². The van der Waals surface area contributed by atoms with Gasteiger partial charge in [-0.05, 0) is 43.7 Å². The number of nitrogens with one attached hydrogen (secondary N) is 1. The summed E-state index contributed by atoms with van der Waals surface area (Å²) in [5.41, 5.74) is 1.72. The molecular weight excluding hydrogens is 426 g/mol. The van der Waals surface area contributed by atoms with E-state index in [-0.39, 0.29) is 29.3 Å². The molecule has 28 heavy (non-hydrogen) atoms. The van der Waals surface area contributed by atoms with E-state index in [0.29, 0.717) is 25.4 Å². The molecule has 2 aromatic rings. The molecule has 7 nitrogen and oxygen atoms in total. The Morgan fingerprint density at radius 3 is 2.64 bits per heavy atom. The minimum atomic E-state index is -0.439. The van der Waals surface area contributed by atoms with Crippen molar-refractivity contribution in [2.24, 2.45) is 0 Å². The highest BCUT2D eigenvalue weighted by Crippen LogP contribution is 2.33. The van der Waals surface area contributed by atoms with Gasteiger partial charge in [-0.1, -0.05) is 28.1 Å². The highest BCUT2D eigenvalue weighted by molar-refractivity contribution is 9.10. The number of nitro groups is 1. The number of anilines is 1. The first-order chi connectivity index (χ1) is 13.3. The fraction of sp³-hybridized carbons (Fsp3) is 0.350. The van der Waals surface area contributed by atoms with E-state index >= 15 is 0 Å². The Labute approximate surface area is 172 Å². The Balaban J connectivity index is 1.86. The molecule has 1 fully saturated rings. The Bertz CT molecular complexity index is 870. The number of nitrogens with zero attached hydrogens (tertiary/aromatic N) is 2. The molecule has 1 N–H and O–H groups in total. The monoisotopic (exact) mass is 447 g/mol. The summed E-state index contributed by atoms with van der Waals surface area (Å²) in [6.07, 6.45) is -0.176. The van der Waals surface area contributed by atoms with Crippen LogP contribution in [0, 0.1) is 10.1 Å². The van der Waals surface area contributed by atoms with Crippen LogP contribution in [0.25, 0.3) is 0 Å². The van der Waals surface area contributed by atoms with Crippen molar-refractivity contribution in [2.45, 2.75) is 26.0 Å². The number of benzene rings is 2. The number of hydrogen-bond donors (Lipinski definition) is 1. The molecule has 148 valence electrons. The standard InChI is InChI=1S/C20H22BrN3O4/c1-13(2)22-20(25)15-5-8-17(18(11-15)24(26)27)23-9-10-28-19(12-23)14-3-6-16(21)7-4-14/h3-8,11,13,19H,9-10,12H2,1-2H3,(H,22,25)/t19-/m0/s1. The van der Waals surface area contributed by atoms with Gasteiger partial charge >= 0.3 is 0 Å². The fourth-order valence-corrected chi connectivity index (χ4v) is 3.44. The first-order valence-electron chi connectivity index (χ1n) is 9.06. The van der Waals surface area contributed by atoms with Crippen molar-refractivity contribution >= 4 is 33.2 Å². The van der Waals surface area contributed by atoms with E-state index in [1.807, 2.05) is 43.0 Å². The first-order valence-corrected chi connectivity index (χ1v) is 9.85. The van der Waals surface area contributed by atoms with Gasteiger partial charge in [0.15, 0.2) is 0 Å². The Morgan fingerprint density at radius 1 is 1.29 bits per heavy atom. The van der Waals surface area contributed by atoms with Crippen LogP contribution in [0.15, 0.2) is 46.9 Å². The van der Waals surface area contributed by atoms with Gasteiger partial charge in [0.25, 0.3) is 11.6 Å². The molecule has 1 amide bonds. The van der Waals surface area contributed by atoms with Crippen LogP contribution in [0.3, 0.4) is 0 Å². The molecule has 0 unspecified atom stereocenters. The second-order valence-electron chi connectivity index (χ2n) is 6.95. The number of morpholine rings is 1. The average molecular weight is 448 g/mol. The van der Waals surface area contributed by atoms with Crippen LogP contribution < -0.4 is 10.2 Å². The second-order valence-corrected chi connectivity index (χ2v) is 7.86. The van der Waals surface area contributed by atoms with Crippen molar-refractivity contribution in [2.75, 3.05) is 24.6 Å². The van der Waals surface area contributed by atoms with E-state index < -0.39 is 4.92 Å². The number of carbonyl (C=O) groups is 1. The number of carbonyl (C=O) groups excluding carboxylic acids is 1. The van der Waals surface area contributed by atoms with Gasteiger partial charge in [0.2, 0.25) is 0 Å². The van der Waals surface area contributed by atoms with Gasteiger partial charge in [-0.25, -0.2) is 0 Å². The van der Waals surface area contributed by atoms with Gasteiger partial charge < -0.3 is 15.0 Å². The highest BCUT2D eigenvalue weighted by Gasteiger charge is 2.28. The van der Waals surface area contributed by atoms with Crippen LogP contribution in [0.4, 0.5) is 11.4 Å². The summed E-state index contributed by atoms with van der Waals surface area (Å²) in [6, 6.07) is 12.4. The van der Waals surface area contributed by atoms with Crippen LogP contribution in [-0.4, -0.2) is 36.6 Å². The van der Waals surface area contributed by atoms with Gasteiger partial charge in [0.1, 0.15) is 11.8 Å². The quantitative estimate of drug-likeness (QED) is 0.551. The molecule has 1 heterocycles. The molecule has 1 saturated heterocycles. The Kier molecular flexibility index (Phi) is 6.31. The molecular formula is C20H22BrN3O4. The topological polar surface area (TPSA) is 84.7 Å². The number of halogens is 1. The molecule has 2 aromatic carbocycles. The molecule has 0 radical (unpaired) electrons. The van der Waals surface area contributed by atoms with Crippen LogP contribution in [-0.2, 0) is 4.74 Å². The number of amides is 1. The molecule has 0 saturated carbocycles. The lowest BCUT2D eigenvalue weighted by Crippen LogP contribution is -2.38. The summed E-state index contributed by atoms with van der Waals surface area (Å²) >= 11 is 3.42. The predicted octanol–water partition coefficient (Wildman–Crippen LogP) is 4.07. The molecule has 1 aliphatic heterocycles. The van der Waals surface area contributed by atoms with E-state index in [4.69, 9.17) is 4.74 Å². The van der Waals surface area contributed by atoms with Gasteiger partial charge in [-0.3, -0.25) is 14.9 Å². The number of hydrogen-bond acceptors (Lipinski definition) is 5. The summed E-state index contributed by atoms with van der Waals surface area (Å²) in [7, 11) is 0. The average Bonchev–Trinajstić information content (AvgIpc) is 2.67. The van der Waals surface area contributed by atoms with Crippen molar-refractivity contribution in [3.05, 3.63) is 68.2 Å². The lowest BCUT2D eigenvalue weighted by atomic mass is 10.1. The largest absolute Gasteiger partial charge is 0.370 e. The van der Waals surface area contributed by atoms with Crippen molar-refractivity contribution in [1.29, 1.82) is 0 Å². The summed E-state index contributed by atoms with van der Waals surface area (Å²) in [5, 5.41) is 14.4. The number of ether oxygens (including phenoxy) is 1. The summed E-state index contributed by atoms with van der Waals surface area (Å²) < 4.78 is 6.85. The second kappa shape index (κ2) is 8.70. The maximum atomic E-state index is 12.2. The minimum absolute atomic E-state index is 0.0443. The van der Waals surface area contributed by atoms with Crippen molar-refractivity contribution < 1.29 is 14.5 Å². The molecule has 3 rings (SSSR count). The SMILES string of the molecule is CC(C)NC(=O)c1ccc(N2CCO[C@H](c3ccc(Br)cc3)C2)c([N+](=O)[O-])c1. The minimum Gasteiger partial charge on any atom is -0.370 e. The smallest absolute Gasteiger partial charge is 0.293 e. The Hall–Kier alpha value is -2.45. The van der Waals surface area contributed by atoms with E-state index in [0.717, 1.165) is 10.0 Å². The fourth-order valence-electron chi connectivity index (χ4n) is 3.17. The lowest BCUT2D eigenvalue weighted by Gasteiger charge is -2.34. The maximum Gasteiger partial charge on any atom is 0.293 e. The maximum absolute atomic E-state index is 12.2. The van der Waals surface area contributed by atoms with Gasteiger partial charge in [-0.15, -0.1) is 0 Å². The molecule has 0 bridgehead atoms. The van der Waals surface area contributed by atoms with E-state index in [1.54, 1.807) is 12.1 Å². The normalized spacial score (nSPS) is 16.9. The van der Waals surface area contributed by atoms with Gasteiger partial charge in [-0.2, -0.15) is 0 Å². The van der Waals surface area contributed by atoms with E-state index in [9.17, 15) is 14.9 Å². The predicted molar refractivity (Wildman–Crippen MR) is 111 cm³/mol. The third-order valence-corrected chi connectivity index (χ3v) is 5.03. The van der Waals surface area contributed by atoms with E-state index in [2.05, 4.69) is 21.2 Å². The Morgan fingerprint density at radius 2 is 2.00 bits per heavy atom. The zero-order chi connectivity index (χ0) is 20.3. The van der Waals surface area contributed by atoms with Crippen LogP contribution in [0.1, 0.15) is 35.9 Å². The van der Waals surface area contributed by atoms with Crippen molar-refractivity contribution in [3.8, 4) is 0 Å². The summed E-state index contributed by atoms with van der Waals surface area (Å²) in [4.78, 5) is 25.4. The zero-order valence-electron chi connectivity index (χ0n) is 15.7. The highest BCUT2D eigenvalue weighted by atomic mass is 79.9. The number of nitro benzene ring substituents is 1.